The first-order valence-corrected chi connectivity index (χ1v) is 11.0. The molecule has 30 heavy (non-hydrogen) atoms. The summed E-state index contributed by atoms with van der Waals surface area (Å²) in [5, 5.41) is 17.8. The second-order valence-corrected chi connectivity index (χ2v) is 8.42. The summed E-state index contributed by atoms with van der Waals surface area (Å²) in [5.74, 6) is 1.75. The summed E-state index contributed by atoms with van der Waals surface area (Å²) in [6.45, 7) is 2.97. The molecule has 0 unspecified atom stereocenters. The summed E-state index contributed by atoms with van der Waals surface area (Å²) in [5.41, 5.74) is 4.08. The van der Waals surface area contributed by atoms with Crippen LogP contribution >= 0.6 is 0 Å². The average molecular weight is 410 g/mol. The molecule has 0 aromatic carbocycles. The molecule has 0 radical (unpaired) electrons. The first kappa shape index (κ1) is 20.6. The van der Waals surface area contributed by atoms with E-state index in [1.807, 2.05) is 23.0 Å². The van der Waals surface area contributed by atoms with Crippen molar-refractivity contribution in [1.29, 1.82) is 0 Å². The number of anilines is 1. The lowest BCUT2D eigenvalue weighted by Crippen LogP contribution is -2.25. The molecule has 2 N–H and O–H groups in total. The van der Waals surface area contributed by atoms with Crippen LogP contribution in [0, 0.1) is 11.8 Å². The molecule has 4 rings (SSSR count). The standard InChI is InChI=1S/C23H31N5O2/c1-3-17-13-25-28-21(24-12-16-8-9-22(30)27(2)14-16)11-20(26-23(17)28)10-18-6-4-5-7-19(18)15-29/h8-9,11,13-14,18-19,24,29H,3-7,10,12,15H2,1-2H3/t18-,19+/m1/s1. The zero-order chi connectivity index (χ0) is 21.1. The van der Waals surface area contributed by atoms with Crippen LogP contribution in [0.15, 0.2) is 35.4 Å². The molecule has 0 saturated heterocycles. The van der Waals surface area contributed by atoms with E-state index in [0.717, 1.165) is 54.0 Å². The summed E-state index contributed by atoms with van der Waals surface area (Å²) in [6.07, 6.45) is 10.2. The lowest BCUT2D eigenvalue weighted by atomic mass is 9.77. The van der Waals surface area contributed by atoms with Crippen LogP contribution < -0.4 is 10.9 Å². The lowest BCUT2D eigenvalue weighted by molar-refractivity contribution is 0.134. The molecule has 1 aliphatic rings. The van der Waals surface area contributed by atoms with Crippen molar-refractivity contribution in [2.45, 2.75) is 52.0 Å². The van der Waals surface area contributed by atoms with E-state index in [2.05, 4.69) is 23.4 Å². The summed E-state index contributed by atoms with van der Waals surface area (Å²) in [7, 11) is 1.76. The van der Waals surface area contributed by atoms with E-state index in [4.69, 9.17) is 4.98 Å². The van der Waals surface area contributed by atoms with Gasteiger partial charge in [0.1, 0.15) is 5.82 Å². The third kappa shape index (κ3) is 4.26. The van der Waals surface area contributed by atoms with E-state index in [0.29, 0.717) is 18.4 Å². The number of aliphatic hydroxyl groups is 1. The van der Waals surface area contributed by atoms with Crippen molar-refractivity contribution in [3.8, 4) is 0 Å². The van der Waals surface area contributed by atoms with Gasteiger partial charge in [-0.3, -0.25) is 4.79 Å². The van der Waals surface area contributed by atoms with E-state index in [1.54, 1.807) is 17.7 Å². The average Bonchev–Trinajstić information content (AvgIpc) is 3.18. The Morgan fingerprint density at radius 1 is 1.23 bits per heavy atom. The number of nitrogens with one attached hydrogen (secondary N) is 1. The van der Waals surface area contributed by atoms with Crippen LogP contribution in [-0.4, -0.2) is 30.9 Å². The second kappa shape index (κ2) is 9.00. The predicted molar refractivity (Wildman–Crippen MR) is 118 cm³/mol. The largest absolute Gasteiger partial charge is 0.396 e. The van der Waals surface area contributed by atoms with Gasteiger partial charge in [0.2, 0.25) is 5.56 Å². The number of fused-ring (bicyclic) bond motifs is 1. The summed E-state index contributed by atoms with van der Waals surface area (Å²) >= 11 is 0. The van der Waals surface area contributed by atoms with Crippen LogP contribution in [0.3, 0.4) is 0 Å². The van der Waals surface area contributed by atoms with Crippen LogP contribution in [0.4, 0.5) is 5.82 Å². The van der Waals surface area contributed by atoms with Gasteiger partial charge >= 0.3 is 0 Å². The normalized spacial score (nSPS) is 19.3. The van der Waals surface area contributed by atoms with Gasteiger partial charge in [-0.05, 0) is 43.1 Å². The Labute approximate surface area is 176 Å². The molecule has 0 amide bonds. The minimum absolute atomic E-state index is 0.0158. The van der Waals surface area contributed by atoms with Gasteiger partial charge in [-0.2, -0.15) is 9.61 Å². The maximum atomic E-state index is 11.6. The van der Waals surface area contributed by atoms with Crippen molar-refractivity contribution >= 4 is 11.5 Å². The number of aliphatic hydroxyl groups excluding tert-OH is 1. The molecule has 160 valence electrons. The SMILES string of the molecule is CCc1cnn2c(NCc3ccc(=O)n(C)c3)cc(C[C@H]3CCCC[C@H]3CO)nc12. The van der Waals surface area contributed by atoms with E-state index in [1.165, 1.54) is 12.8 Å². The van der Waals surface area contributed by atoms with E-state index in [9.17, 15) is 9.90 Å². The fourth-order valence-corrected chi connectivity index (χ4v) is 4.55. The van der Waals surface area contributed by atoms with Gasteiger partial charge in [0.25, 0.3) is 0 Å². The number of aryl methyl sites for hydroxylation is 2. The van der Waals surface area contributed by atoms with E-state index < -0.39 is 0 Å². The zero-order valence-corrected chi connectivity index (χ0v) is 17.8. The first-order valence-electron chi connectivity index (χ1n) is 11.0. The molecular formula is C23H31N5O2. The monoisotopic (exact) mass is 409 g/mol. The molecule has 3 aromatic heterocycles. The highest BCUT2D eigenvalue weighted by Gasteiger charge is 2.25. The number of hydrogen-bond acceptors (Lipinski definition) is 5. The Kier molecular flexibility index (Phi) is 6.18. The molecule has 7 nitrogen and oxygen atoms in total. The molecule has 1 aliphatic carbocycles. The molecule has 0 aliphatic heterocycles. The molecule has 1 saturated carbocycles. The Morgan fingerprint density at radius 2 is 2.03 bits per heavy atom. The number of nitrogens with zero attached hydrogens (tertiary/aromatic N) is 4. The quantitative estimate of drug-likeness (QED) is 0.627. The van der Waals surface area contributed by atoms with Crippen molar-refractivity contribution in [2.75, 3.05) is 11.9 Å². The fourth-order valence-electron chi connectivity index (χ4n) is 4.55. The van der Waals surface area contributed by atoms with Crippen molar-refractivity contribution < 1.29 is 5.11 Å². The Balaban J connectivity index is 1.63. The highest BCUT2D eigenvalue weighted by Crippen LogP contribution is 2.32. The number of aromatic nitrogens is 4. The van der Waals surface area contributed by atoms with Crippen LogP contribution in [0.1, 0.15) is 49.4 Å². The van der Waals surface area contributed by atoms with Crippen LogP contribution in [-0.2, 0) is 26.4 Å². The van der Waals surface area contributed by atoms with Gasteiger partial charge in [0.05, 0.1) is 6.20 Å². The summed E-state index contributed by atoms with van der Waals surface area (Å²) in [6, 6.07) is 5.53. The predicted octanol–water partition coefficient (Wildman–Crippen LogP) is 2.94. The van der Waals surface area contributed by atoms with Gasteiger partial charge in [-0.15, -0.1) is 0 Å². The molecule has 0 bridgehead atoms. The fraction of sp³-hybridized carbons (Fsp3) is 0.522. The minimum Gasteiger partial charge on any atom is -0.396 e. The maximum absolute atomic E-state index is 11.6. The van der Waals surface area contributed by atoms with Crippen LogP contribution in [0.2, 0.25) is 0 Å². The Hall–Kier alpha value is -2.67. The highest BCUT2D eigenvalue weighted by atomic mass is 16.3. The van der Waals surface area contributed by atoms with E-state index in [-0.39, 0.29) is 12.2 Å². The molecular weight excluding hydrogens is 378 g/mol. The Morgan fingerprint density at radius 3 is 2.77 bits per heavy atom. The molecule has 7 heteroatoms. The van der Waals surface area contributed by atoms with Gasteiger partial charge < -0.3 is 15.0 Å². The smallest absolute Gasteiger partial charge is 0.250 e. The molecule has 0 spiro atoms. The highest BCUT2D eigenvalue weighted by molar-refractivity contribution is 5.54. The third-order valence-corrected chi connectivity index (χ3v) is 6.37. The third-order valence-electron chi connectivity index (χ3n) is 6.37. The topological polar surface area (TPSA) is 84.5 Å². The van der Waals surface area contributed by atoms with Gasteiger partial charge in [0, 0.05) is 49.8 Å². The van der Waals surface area contributed by atoms with Crippen molar-refractivity contribution in [3.05, 3.63) is 57.8 Å². The molecule has 2 atom stereocenters. The summed E-state index contributed by atoms with van der Waals surface area (Å²) in [4.78, 5) is 16.6. The number of hydrogen-bond donors (Lipinski definition) is 2. The van der Waals surface area contributed by atoms with Crippen LogP contribution in [0.5, 0.6) is 0 Å². The van der Waals surface area contributed by atoms with Crippen molar-refractivity contribution in [1.82, 2.24) is 19.2 Å². The zero-order valence-electron chi connectivity index (χ0n) is 17.8. The minimum atomic E-state index is -0.0158. The van der Waals surface area contributed by atoms with E-state index >= 15 is 0 Å². The molecule has 3 aromatic rings. The van der Waals surface area contributed by atoms with Gasteiger partial charge in [-0.25, -0.2) is 4.98 Å². The molecule has 1 fully saturated rings. The summed E-state index contributed by atoms with van der Waals surface area (Å²) < 4.78 is 3.46. The Bertz CT molecular complexity index is 1070. The molecule has 3 heterocycles. The maximum Gasteiger partial charge on any atom is 0.250 e. The first-order chi connectivity index (χ1) is 14.6. The lowest BCUT2D eigenvalue weighted by Gasteiger charge is -2.30. The van der Waals surface area contributed by atoms with Crippen molar-refractivity contribution in [3.63, 3.8) is 0 Å². The van der Waals surface area contributed by atoms with Gasteiger partial charge in [-0.1, -0.05) is 25.8 Å². The number of rotatable bonds is 7. The second-order valence-electron chi connectivity index (χ2n) is 8.42. The van der Waals surface area contributed by atoms with Crippen molar-refractivity contribution in [2.24, 2.45) is 18.9 Å². The van der Waals surface area contributed by atoms with Crippen LogP contribution in [0.25, 0.3) is 5.65 Å². The van der Waals surface area contributed by atoms with Gasteiger partial charge in [0.15, 0.2) is 5.65 Å². The number of pyridine rings is 1.